The Hall–Kier alpha value is -2.76. The van der Waals surface area contributed by atoms with Gasteiger partial charge < -0.3 is 14.6 Å². The number of sulfonamides is 1. The number of carboxylic acid groups (broad SMARTS) is 1. The van der Waals surface area contributed by atoms with Crippen LogP contribution in [0.4, 0.5) is 4.79 Å². The van der Waals surface area contributed by atoms with Crippen LogP contribution < -0.4 is 4.74 Å². The van der Waals surface area contributed by atoms with Gasteiger partial charge in [-0.05, 0) is 62.8 Å². The fourth-order valence-electron chi connectivity index (χ4n) is 5.60. The molecular formula is C26H36N4O6S. The first-order valence-electron chi connectivity index (χ1n) is 12.7. The number of hydrogen-bond donors (Lipinski definition) is 1. The second-order valence-corrected chi connectivity index (χ2v) is 11.9. The number of likely N-dealkylation sites (tertiary alicyclic amines) is 1. The maximum atomic E-state index is 12.9. The number of aromatic nitrogens is 2. The first-order chi connectivity index (χ1) is 17.7. The van der Waals surface area contributed by atoms with Crippen molar-refractivity contribution in [2.24, 2.45) is 0 Å². The highest BCUT2D eigenvalue weighted by molar-refractivity contribution is 7.88. The Morgan fingerprint density at radius 1 is 1.14 bits per heavy atom. The molecule has 2 heterocycles. The van der Waals surface area contributed by atoms with Crippen molar-refractivity contribution in [2.75, 3.05) is 20.0 Å². The van der Waals surface area contributed by atoms with Crippen molar-refractivity contribution in [3.8, 4) is 5.75 Å². The molecule has 0 unspecified atom stereocenters. The predicted molar refractivity (Wildman–Crippen MR) is 138 cm³/mol. The molecule has 2 aromatic rings. The molecule has 1 saturated heterocycles. The van der Waals surface area contributed by atoms with Crippen molar-refractivity contribution < 1.29 is 27.8 Å². The number of nitrogens with zero attached hydrogens (tertiary/aromatic N) is 4. The summed E-state index contributed by atoms with van der Waals surface area (Å²) in [6.07, 6.45) is 7.46. The van der Waals surface area contributed by atoms with Crippen LogP contribution >= 0.6 is 0 Å². The second kappa shape index (κ2) is 11.7. The van der Waals surface area contributed by atoms with Crippen LogP contribution in [0.2, 0.25) is 0 Å². The van der Waals surface area contributed by atoms with E-state index in [4.69, 9.17) is 9.47 Å². The maximum Gasteiger partial charge on any atom is 0.407 e. The molecule has 0 spiro atoms. The van der Waals surface area contributed by atoms with Gasteiger partial charge in [0.25, 0.3) is 0 Å². The van der Waals surface area contributed by atoms with E-state index in [0.717, 1.165) is 37.1 Å². The molecule has 1 N–H and O–H groups in total. The zero-order chi connectivity index (χ0) is 26.6. The lowest BCUT2D eigenvalue weighted by Gasteiger charge is -2.35. The largest absolute Gasteiger partial charge is 0.497 e. The average molecular weight is 533 g/mol. The van der Waals surface area contributed by atoms with E-state index in [1.54, 1.807) is 37.7 Å². The van der Waals surface area contributed by atoms with Crippen molar-refractivity contribution >= 4 is 16.1 Å². The summed E-state index contributed by atoms with van der Waals surface area (Å²) in [5.74, 6) is 1.83. The molecule has 1 aliphatic carbocycles. The zero-order valence-electron chi connectivity index (χ0n) is 21.6. The number of hydrogen-bond acceptors (Lipinski definition) is 7. The molecule has 2 aliphatic rings. The highest BCUT2D eigenvalue weighted by Gasteiger charge is 2.47. The molecule has 1 aromatic carbocycles. The molecule has 2 fully saturated rings. The average Bonchev–Trinajstić information content (AvgIpc) is 3.22. The molecule has 0 bridgehead atoms. The number of rotatable bonds is 9. The van der Waals surface area contributed by atoms with E-state index in [2.05, 4.69) is 9.97 Å². The zero-order valence-corrected chi connectivity index (χ0v) is 22.4. The molecule has 1 aliphatic heterocycles. The van der Waals surface area contributed by atoms with Gasteiger partial charge in [0.15, 0.2) is 0 Å². The van der Waals surface area contributed by atoms with Crippen molar-refractivity contribution in [2.45, 2.75) is 75.7 Å². The van der Waals surface area contributed by atoms with E-state index >= 15 is 0 Å². The van der Waals surface area contributed by atoms with Gasteiger partial charge in [0.05, 0.1) is 32.1 Å². The summed E-state index contributed by atoms with van der Waals surface area (Å²) in [5.41, 5.74) is 0.800. The molecule has 10 nitrogen and oxygen atoms in total. The first kappa shape index (κ1) is 27.3. The minimum atomic E-state index is -3.64. The predicted octanol–water partition coefficient (Wildman–Crippen LogP) is 3.50. The molecule has 0 radical (unpaired) electrons. The SMILES string of the molecule is COc1ccc(CN([C@H]2C[C@@H](C)N(C(=O)O)[C@H]2COC2CCC(c3ncccn3)CC2)S(C)(=O)=O)cc1. The van der Waals surface area contributed by atoms with Crippen molar-refractivity contribution in [1.29, 1.82) is 0 Å². The fraction of sp³-hybridized carbons (Fsp3) is 0.577. The Labute approximate surface area is 218 Å². The van der Waals surface area contributed by atoms with Gasteiger partial charge in [-0.2, -0.15) is 4.31 Å². The molecule has 3 atom stereocenters. The Morgan fingerprint density at radius 2 is 1.78 bits per heavy atom. The van der Waals surface area contributed by atoms with Gasteiger partial charge in [-0.1, -0.05) is 12.1 Å². The molecular weight excluding hydrogens is 496 g/mol. The Morgan fingerprint density at radius 3 is 2.35 bits per heavy atom. The minimum absolute atomic E-state index is 0.0135. The Balaban J connectivity index is 1.47. The molecule has 37 heavy (non-hydrogen) atoms. The molecule has 11 heteroatoms. The number of ether oxygens (including phenoxy) is 2. The third kappa shape index (κ3) is 6.58. The van der Waals surface area contributed by atoms with Gasteiger partial charge in [-0.15, -0.1) is 0 Å². The van der Waals surface area contributed by atoms with E-state index in [0.29, 0.717) is 18.1 Å². The summed E-state index contributed by atoms with van der Waals surface area (Å²) < 4.78 is 38.8. The number of carbonyl (C=O) groups is 1. The summed E-state index contributed by atoms with van der Waals surface area (Å²) in [6, 6.07) is 7.56. The quantitative estimate of drug-likeness (QED) is 0.521. The van der Waals surface area contributed by atoms with Gasteiger partial charge in [0.1, 0.15) is 11.6 Å². The minimum Gasteiger partial charge on any atom is -0.497 e. The van der Waals surface area contributed by atoms with Crippen LogP contribution in [0.3, 0.4) is 0 Å². The summed E-state index contributed by atoms with van der Waals surface area (Å²) in [7, 11) is -2.06. The lowest BCUT2D eigenvalue weighted by atomic mass is 9.87. The van der Waals surface area contributed by atoms with Gasteiger partial charge in [0, 0.05) is 36.9 Å². The molecule has 1 amide bonds. The van der Waals surface area contributed by atoms with E-state index in [9.17, 15) is 18.3 Å². The maximum absolute atomic E-state index is 12.9. The van der Waals surface area contributed by atoms with Crippen LogP contribution in [0.15, 0.2) is 42.7 Å². The van der Waals surface area contributed by atoms with Crippen LogP contribution in [-0.4, -0.2) is 83.0 Å². The van der Waals surface area contributed by atoms with Gasteiger partial charge in [0.2, 0.25) is 10.0 Å². The highest BCUT2D eigenvalue weighted by atomic mass is 32.2. The van der Waals surface area contributed by atoms with E-state index in [1.807, 2.05) is 19.1 Å². The Bertz CT molecular complexity index is 1140. The van der Waals surface area contributed by atoms with Crippen LogP contribution in [0.5, 0.6) is 5.75 Å². The first-order valence-corrected chi connectivity index (χ1v) is 14.5. The smallest absolute Gasteiger partial charge is 0.407 e. The normalized spacial score (nSPS) is 26.4. The number of amides is 1. The van der Waals surface area contributed by atoms with Crippen LogP contribution in [0.25, 0.3) is 0 Å². The molecule has 1 aromatic heterocycles. The van der Waals surface area contributed by atoms with Gasteiger partial charge >= 0.3 is 6.09 Å². The monoisotopic (exact) mass is 532 g/mol. The van der Waals surface area contributed by atoms with Crippen molar-refractivity contribution in [1.82, 2.24) is 19.2 Å². The summed E-state index contributed by atoms with van der Waals surface area (Å²) >= 11 is 0. The topological polar surface area (TPSA) is 122 Å². The molecule has 202 valence electrons. The Kier molecular flexibility index (Phi) is 8.66. The van der Waals surface area contributed by atoms with Crippen LogP contribution in [0.1, 0.15) is 56.3 Å². The van der Waals surface area contributed by atoms with Crippen LogP contribution in [0, 0.1) is 0 Å². The molecule has 4 rings (SSSR count). The second-order valence-electron chi connectivity index (χ2n) is 9.98. The standard InChI is InChI=1S/C26H36N4O6S/c1-18-15-23(29(37(3,33)34)16-19-5-9-21(35-2)10-6-19)24(30(18)26(31)32)17-36-22-11-7-20(8-12-22)25-27-13-4-14-28-25/h4-6,9-10,13-14,18,20,22-24H,7-8,11-12,15-17H2,1-3H3,(H,31,32)/t18-,20?,22?,23+,24+/m1/s1. The third-order valence-corrected chi connectivity index (χ3v) is 8.75. The molecule has 1 saturated carbocycles. The summed E-state index contributed by atoms with van der Waals surface area (Å²) in [6.45, 7) is 2.11. The van der Waals surface area contributed by atoms with E-state index in [-0.39, 0.29) is 25.3 Å². The lowest BCUT2D eigenvalue weighted by Crippen LogP contribution is -2.51. The van der Waals surface area contributed by atoms with Crippen molar-refractivity contribution in [3.05, 3.63) is 54.1 Å². The fourth-order valence-corrected chi connectivity index (χ4v) is 6.70. The summed E-state index contributed by atoms with van der Waals surface area (Å²) in [5, 5.41) is 9.98. The lowest BCUT2D eigenvalue weighted by molar-refractivity contribution is -0.0126. The van der Waals surface area contributed by atoms with Crippen LogP contribution in [-0.2, 0) is 21.3 Å². The number of methoxy groups -OCH3 is 1. The van der Waals surface area contributed by atoms with E-state index < -0.39 is 28.2 Å². The van der Waals surface area contributed by atoms with Gasteiger partial charge in [-0.3, -0.25) is 4.90 Å². The van der Waals surface area contributed by atoms with E-state index in [1.165, 1.54) is 15.5 Å². The summed E-state index contributed by atoms with van der Waals surface area (Å²) in [4.78, 5) is 22.3. The third-order valence-electron chi connectivity index (χ3n) is 7.50. The van der Waals surface area contributed by atoms with Crippen molar-refractivity contribution in [3.63, 3.8) is 0 Å². The number of benzene rings is 1. The highest BCUT2D eigenvalue weighted by Crippen LogP contribution is 2.35. The van der Waals surface area contributed by atoms with Gasteiger partial charge in [-0.25, -0.2) is 23.2 Å².